The highest BCUT2D eigenvalue weighted by molar-refractivity contribution is 5.23. The van der Waals surface area contributed by atoms with Crippen LogP contribution in [0, 0.1) is 6.92 Å². The predicted octanol–water partition coefficient (Wildman–Crippen LogP) is 0.249. The van der Waals surface area contributed by atoms with Crippen LogP contribution in [0.25, 0.3) is 0 Å². The number of aryl methyl sites for hydroxylation is 1. The number of rotatable bonds is 1. The quantitative estimate of drug-likeness (QED) is 0.628. The van der Waals surface area contributed by atoms with Gasteiger partial charge in [-0.3, -0.25) is 9.78 Å². The molecule has 12 heavy (non-hydrogen) atoms. The Balaban J connectivity index is 2.67. The lowest BCUT2D eigenvalue weighted by Crippen LogP contribution is -2.26. The number of aromatic nitrogens is 2. The normalized spacial score (nSPS) is 16.4. The summed E-state index contributed by atoms with van der Waals surface area (Å²) < 4.78 is 0. The van der Waals surface area contributed by atoms with Crippen molar-refractivity contribution in [3.05, 3.63) is 32.1 Å². The van der Waals surface area contributed by atoms with E-state index in [1.165, 1.54) is 0 Å². The van der Waals surface area contributed by atoms with E-state index in [0.29, 0.717) is 11.6 Å². The van der Waals surface area contributed by atoms with E-state index in [9.17, 15) is 9.59 Å². The molecule has 2 N–H and O–H groups in total. The average molecular weight is 166 g/mol. The van der Waals surface area contributed by atoms with E-state index >= 15 is 0 Å². The molecule has 0 amide bonds. The van der Waals surface area contributed by atoms with E-state index in [1.807, 2.05) is 0 Å². The number of aromatic amines is 2. The van der Waals surface area contributed by atoms with Gasteiger partial charge >= 0.3 is 5.69 Å². The van der Waals surface area contributed by atoms with Gasteiger partial charge in [0, 0.05) is 11.3 Å². The standard InChI is InChI=1S/C8H10N2O2/c1-4-6(5-2-3-5)7(11)10-8(12)9-4/h5H,2-3H2,1H3,(H2,9,10,11,12). The third-order valence-corrected chi connectivity index (χ3v) is 2.16. The van der Waals surface area contributed by atoms with Gasteiger partial charge in [-0.2, -0.15) is 0 Å². The van der Waals surface area contributed by atoms with Gasteiger partial charge in [-0.1, -0.05) is 0 Å². The second-order valence-corrected chi connectivity index (χ2v) is 3.22. The van der Waals surface area contributed by atoms with Crippen LogP contribution in [0.4, 0.5) is 0 Å². The molecular weight excluding hydrogens is 156 g/mol. The number of H-pyrrole nitrogens is 2. The Morgan fingerprint density at radius 2 is 1.92 bits per heavy atom. The highest BCUT2D eigenvalue weighted by atomic mass is 16.2. The van der Waals surface area contributed by atoms with E-state index in [-0.39, 0.29) is 5.56 Å². The Morgan fingerprint density at radius 1 is 1.25 bits per heavy atom. The van der Waals surface area contributed by atoms with Crippen LogP contribution in [-0.2, 0) is 0 Å². The smallest absolute Gasteiger partial charge is 0.311 e. The summed E-state index contributed by atoms with van der Waals surface area (Å²) in [5, 5.41) is 0. The highest BCUT2D eigenvalue weighted by Gasteiger charge is 2.28. The molecule has 0 bridgehead atoms. The summed E-state index contributed by atoms with van der Waals surface area (Å²) in [6.45, 7) is 1.77. The van der Waals surface area contributed by atoms with Gasteiger partial charge < -0.3 is 4.98 Å². The molecule has 0 aromatic carbocycles. The van der Waals surface area contributed by atoms with Crippen LogP contribution in [0.15, 0.2) is 9.59 Å². The van der Waals surface area contributed by atoms with Crippen molar-refractivity contribution >= 4 is 0 Å². The van der Waals surface area contributed by atoms with Crippen molar-refractivity contribution in [3.63, 3.8) is 0 Å². The second-order valence-electron chi connectivity index (χ2n) is 3.22. The van der Waals surface area contributed by atoms with E-state index in [1.54, 1.807) is 6.92 Å². The van der Waals surface area contributed by atoms with Gasteiger partial charge in [-0.25, -0.2) is 4.79 Å². The van der Waals surface area contributed by atoms with Gasteiger partial charge in [-0.05, 0) is 25.7 Å². The molecule has 2 rings (SSSR count). The van der Waals surface area contributed by atoms with E-state index in [2.05, 4.69) is 9.97 Å². The molecule has 0 saturated heterocycles. The zero-order valence-corrected chi connectivity index (χ0v) is 6.81. The largest absolute Gasteiger partial charge is 0.325 e. The molecule has 1 saturated carbocycles. The summed E-state index contributed by atoms with van der Waals surface area (Å²) >= 11 is 0. The first-order valence-corrected chi connectivity index (χ1v) is 4.01. The third kappa shape index (κ3) is 1.09. The van der Waals surface area contributed by atoms with Crippen molar-refractivity contribution in [3.8, 4) is 0 Å². The lowest BCUT2D eigenvalue weighted by atomic mass is 10.1. The Labute approximate surface area is 68.6 Å². The Morgan fingerprint density at radius 3 is 2.42 bits per heavy atom. The predicted molar refractivity (Wildman–Crippen MR) is 44.4 cm³/mol. The first-order valence-electron chi connectivity index (χ1n) is 4.01. The Kier molecular flexibility index (Phi) is 1.43. The second kappa shape index (κ2) is 2.33. The van der Waals surface area contributed by atoms with Crippen LogP contribution >= 0.6 is 0 Å². The maximum Gasteiger partial charge on any atom is 0.325 e. The van der Waals surface area contributed by atoms with E-state index in [0.717, 1.165) is 18.4 Å². The monoisotopic (exact) mass is 166 g/mol. The average Bonchev–Trinajstić information content (AvgIpc) is 2.68. The first kappa shape index (κ1) is 7.34. The summed E-state index contributed by atoms with van der Waals surface area (Å²) in [4.78, 5) is 26.9. The van der Waals surface area contributed by atoms with Gasteiger partial charge in [0.05, 0.1) is 0 Å². The van der Waals surface area contributed by atoms with Crippen molar-refractivity contribution in [2.45, 2.75) is 25.7 Å². The van der Waals surface area contributed by atoms with Crippen molar-refractivity contribution < 1.29 is 0 Å². The number of hydrogen-bond acceptors (Lipinski definition) is 2. The maximum atomic E-state index is 11.3. The van der Waals surface area contributed by atoms with Crippen LogP contribution < -0.4 is 11.2 Å². The Hall–Kier alpha value is -1.32. The van der Waals surface area contributed by atoms with E-state index < -0.39 is 5.69 Å². The SMILES string of the molecule is Cc1[nH]c(=O)[nH]c(=O)c1C1CC1. The fourth-order valence-corrected chi connectivity index (χ4v) is 1.47. The number of nitrogens with one attached hydrogen (secondary N) is 2. The molecule has 0 unspecified atom stereocenters. The van der Waals surface area contributed by atoms with E-state index in [4.69, 9.17) is 0 Å². The fraction of sp³-hybridized carbons (Fsp3) is 0.500. The molecule has 1 heterocycles. The molecule has 1 aromatic heterocycles. The summed E-state index contributed by atoms with van der Waals surface area (Å²) in [6, 6.07) is 0. The van der Waals surface area contributed by atoms with Crippen LogP contribution in [0.2, 0.25) is 0 Å². The molecule has 4 nitrogen and oxygen atoms in total. The maximum absolute atomic E-state index is 11.3. The molecule has 1 aliphatic rings. The summed E-state index contributed by atoms with van der Waals surface area (Å²) in [5.41, 5.74) is 0.835. The molecule has 0 spiro atoms. The lowest BCUT2D eigenvalue weighted by Gasteiger charge is -1.99. The van der Waals surface area contributed by atoms with Crippen molar-refractivity contribution in [2.75, 3.05) is 0 Å². The summed E-state index contributed by atoms with van der Waals surface area (Å²) in [5.74, 6) is 0.380. The topological polar surface area (TPSA) is 65.7 Å². The van der Waals surface area contributed by atoms with Gasteiger partial charge in [0.2, 0.25) is 0 Å². The first-order chi connectivity index (χ1) is 5.68. The summed E-state index contributed by atoms with van der Waals surface area (Å²) in [6.07, 6.45) is 2.13. The molecule has 1 aromatic rings. The minimum absolute atomic E-state index is 0.223. The van der Waals surface area contributed by atoms with Gasteiger partial charge in [0.15, 0.2) is 0 Å². The lowest BCUT2D eigenvalue weighted by molar-refractivity contribution is 0.915. The molecule has 1 fully saturated rings. The Bertz CT molecular complexity index is 412. The molecular formula is C8H10N2O2. The molecule has 4 heteroatoms. The van der Waals surface area contributed by atoms with Gasteiger partial charge in [0.1, 0.15) is 0 Å². The molecule has 64 valence electrons. The van der Waals surface area contributed by atoms with Crippen molar-refractivity contribution in [1.82, 2.24) is 9.97 Å². The highest BCUT2D eigenvalue weighted by Crippen LogP contribution is 2.38. The molecule has 1 aliphatic carbocycles. The zero-order valence-electron chi connectivity index (χ0n) is 6.81. The third-order valence-electron chi connectivity index (χ3n) is 2.16. The fourth-order valence-electron chi connectivity index (χ4n) is 1.47. The van der Waals surface area contributed by atoms with Crippen molar-refractivity contribution in [1.29, 1.82) is 0 Å². The van der Waals surface area contributed by atoms with Crippen LogP contribution in [-0.4, -0.2) is 9.97 Å². The van der Waals surface area contributed by atoms with Crippen LogP contribution in [0.1, 0.15) is 30.0 Å². The molecule has 0 aliphatic heterocycles. The zero-order chi connectivity index (χ0) is 8.72. The molecule has 0 atom stereocenters. The van der Waals surface area contributed by atoms with Crippen LogP contribution in [0.3, 0.4) is 0 Å². The minimum atomic E-state index is -0.415. The summed E-state index contributed by atoms with van der Waals surface area (Å²) in [7, 11) is 0. The molecule has 0 radical (unpaired) electrons. The van der Waals surface area contributed by atoms with Crippen molar-refractivity contribution in [2.24, 2.45) is 0 Å². The minimum Gasteiger partial charge on any atom is -0.311 e. The van der Waals surface area contributed by atoms with Gasteiger partial charge in [-0.15, -0.1) is 0 Å². The van der Waals surface area contributed by atoms with Crippen LogP contribution in [0.5, 0.6) is 0 Å². The van der Waals surface area contributed by atoms with Gasteiger partial charge in [0.25, 0.3) is 5.56 Å². The number of hydrogen-bond donors (Lipinski definition) is 2.